The van der Waals surface area contributed by atoms with Crippen LogP contribution in [0.25, 0.3) is 0 Å². The zero-order valence-electron chi connectivity index (χ0n) is 8.27. The standard InChI is InChI=1S/C9H10BrN3O3/c10-7-2-1-6(4-12-5-9(11)14)8(3-7)13(15)16/h1-3,12H,4-5H2,(H2,11,14). The Morgan fingerprint density at radius 1 is 1.56 bits per heavy atom. The number of carbonyl (C=O) groups is 1. The third-order valence-corrected chi connectivity index (χ3v) is 2.35. The van der Waals surface area contributed by atoms with Crippen LogP contribution < -0.4 is 11.1 Å². The fraction of sp³-hybridized carbons (Fsp3) is 0.222. The van der Waals surface area contributed by atoms with Crippen molar-refractivity contribution in [3.63, 3.8) is 0 Å². The Hall–Kier alpha value is -1.47. The summed E-state index contributed by atoms with van der Waals surface area (Å²) in [5.74, 6) is -0.500. The molecule has 1 aromatic carbocycles. The molecule has 0 radical (unpaired) electrons. The molecule has 1 aromatic rings. The lowest BCUT2D eigenvalue weighted by Gasteiger charge is -2.04. The minimum Gasteiger partial charge on any atom is -0.369 e. The summed E-state index contributed by atoms with van der Waals surface area (Å²) in [6.45, 7) is 0.222. The summed E-state index contributed by atoms with van der Waals surface area (Å²) in [4.78, 5) is 20.8. The summed E-state index contributed by atoms with van der Waals surface area (Å²) in [5, 5.41) is 13.5. The Kier molecular flexibility index (Phi) is 4.39. The summed E-state index contributed by atoms with van der Waals surface area (Å²) < 4.78 is 0.637. The maximum Gasteiger partial charge on any atom is 0.275 e. The number of hydrogen-bond donors (Lipinski definition) is 2. The van der Waals surface area contributed by atoms with Crippen LogP contribution in [0.1, 0.15) is 5.56 Å². The van der Waals surface area contributed by atoms with Crippen LogP contribution in [0.15, 0.2) is 22.7 Å². The molecular weight excluding hydrogens is 278 g/mol. The van der Waals surface area contributed by atoms with Crippen molar-refractivity contribution in [2.24, 2.45) is 5.73 Å². The van der Waals surface area contributed by atoms with Crippen molar-refractivity contribution < 1.29 is 9.72 Å². The van der Waals surface area contributed by atoms with Crippen LogP contribution in [0.5, 0.6) is 0 Å². The molecule has 0 saturated heterocycles. The van der Waals surface area contributed by atoms with E-state index in [1.165, 1.54) is 6.07 Å². The third kappa shape index (κ3) is 3.59. The van der Waals surface area contributed by atoms with Gasteiger partial charge in [-0.2, -0.15) is 0 Å². The minimum absolute atomic E-state index is 0.00588. The van der Waals surface area contributed by atoms with Gasteiger partial charge in [-0.3, -0.25) is 14.9 Å². The largest absolute Gasteiger partial charge is 0.369 e. The predicted molar refractivity (Wildman–Crippen MR) is 61.7 cm³/mol. The van der Waals surface area contributed by atoms with E-state index in [4.69, 9.17) is 5.73 Å². The van der Waals surface area contributed by atoms with E-state index in [1.54, 1.807) is 12.1 Å². The van der Waals surface area contributed by atoms with Gasteiger partial charge in [-0.15, -0.1) is 0 Å². The molecule has 0 fully saturated rings. The Bertz CT molecular complexity index is 422. The number of nitrogens with two attached hydrogens (primary N) is 1. The van der Waals surface area contributed by atoms with Crippen molar-refractivity contribution in [2.45, 2.75) is 6.54 Å². The third-order valence-electron chi connectivity index (χ3n) is 1.86. The van der Waals surface area contributed by atoms with Crippen LogP contribution in [0.4, 0.5) is 5.69 Å². The molecule has 3 N–H and O–H groups in total. The van der Waals surface area contributed by atoms with Crippen LogP contribution in [0.3, 0.4) is 0 Å². The highest BCUT2D eigenvalue weighted by atomic mass is 79.9. The molecule has 86 valence electrons. The summed E-state index contributed by atoms with van der Waals surface area (Å²) in [5.41, 5.74) is 5.45. The molecule has 6 nitrogen and oxygen atoms in total. The highest BCUT2D eigenvalue weighted by Crippen LogP contribution is 2.23. The van der Waals surface area contributed by atoms with Gasteiger partial charge >= 0.3 is 0 Å². The lowest BCUT2D eigenvalue weighted by molar-refractivity contribution is -0.385. The number of carbonyl (C=O) groups excluding carboxylic acids is 1. The number of halogens is 1. The SMILES string of the molecule is NC(=O)CNCc1ccc(Br)cc1[N+](=O)[O-]. The van der Waals surface area contributed by atoms with Gasteiger partial charge in [0.05, 0.1) is 11.5 Å². The van der Waals surface area contributed by atoms with E-state index < -0.39 is 10.8 Å². The van der Waals surface area contributed by atoms with E-state index in [1.807, 2.05) is 0 Å². The van der Waals surface area contributed by atoms with Gasteiger partial charge in [0, 0.05) is 22.6 Å². The molecule has 0 bridgehead atoms. The number of nitrogens with zero attached hydrogens (tertiary/aromatic N) is 1. The monoisotopic (exact) mass is 287 g/mol. The van der Waals surface area contributed by atoms with Gasteiger partial charge in [0.25, 0.3) is 5.69 Å². The smallest absolute Gasteiger partial charge is 0.275 e. The molecule has 0 saturated carbocycles. The molecule has 0 aliphatic heterocycles. The number of nitro groups is 1. The second-order valence-corrected chi connectivity index (χ2v) is 4.02. The van der Waals surface area contributed by atoms with Crippen LogP contribution >= 0.6 is 15.9 Å². The summed E-state index contributed by atoms with van der Waals surface area (Å²) in [6.07, 6.45) is 0. The van der Waals surface area contributed by atoms with E-state index >= 15 is 0 Å². The van der Waals surface area contributed by atoms with E-state index in [2.05, 4.69) is 21.2 Å². The van der Waals surface area contributed by atoms with Crippen molar-refractivity contribution in [3.8, 4) is 0 Å². The van der Waals surface area contributed by atoms with Crippen molar-refractivity contribution in [1.82, 2.24) is 5.32 Å². The number of amides is 1. The summed E-state index contributed by atoms with van der Waals surface area (Å²) in [6, 6.07) is 4.74. The second kappa shape index (κ2) is 5.57. The topological polar surface area (TPSA) is 98.3 Å². The van der Waals surface area contributed by atoms with Crippen molar-refractivity contribution in [3.05, 3.63) is 38.3 Å². The number of benzene rings is 1. The zero-order valence-corrected chi connectivity index (χ0v) is 9.86. The van der Waals surface area contributed by atoms with Crippen LogP contribution in [-0.2, 0) is 11.3 Å². The average Bonchev–Trinajstić information content (AvgIpc) is 2.19. The van der Waals surface area contributed by atoms with E-state index in [0.717, 1.165) is 0 Å². The highest BCUT2D eigenvalue weighted by molar-refractivity contribution is 9.10. The van der Waals surface area contributed by atoms with Gasteiger partial charge in [-0.05, 0) is 12.1 Å². The van der Waals surface area contributed by atoms with Gasteiger partial charge in [-0.25, -0.2) is 0 Å². The molecule has 16 heavy (non-hydrogen) atoms. The number of nitrogens with one attached hydrogen (secondary N) is 1. The van der Waals surface area contributed by atoms with Gasteiger partial charge in [0.2, 0.25) is 5.91 Å². The van der Waals surface area contributed by atoms with Gasteiger partial charge < -0.3 is 11.1 Å². The number of primary amides is 1. The highest BCUT2D eigenvalue weighted by Gasteiger charge is 2.13. The molecule has 0 heterocycles. The van der Waals surface area contributed by atoms with Gasteiger partial charge in [0.15, 0.2) is 0 Å². The van der Waals surface area contributed by atoms with Crippen LogP contribution in [0.2, 0.25) is 0 Å². The Balaban J connectivity index is 2.78. The van der Waals surface area contributed by atoms with Crippen LogP contribution in [-0.4, -0.2) is 17.4 Å². The van der Waals surface area contributed by atoms with Crippen molar-refractivity contribution in [2.75, 3.05) is 6.54 Å². The Morgan fingerprint density at radius 2 is 2.25 bits per heavy atom. The van der Waals surface area contributed by atoms with E-state index in [9.17, 15) is 14.9 Å². The van der Waals surface area contributed by atoms with E-state index in [-0.39, 0.29) is 18.8 Å². The number of rotatable bonds is 5. The maximum atomic E-state index is 10.7. The molecule has 0 unspecified atom stereocenters. The lowest BCUT2D eigenvalue weighted by atomic mass is 10.2. The molecule has 0 spiro atoms. The fourth-order valence-corrected chi connectivity index (χ4v) is 1.53. The quantitative estimate of drug-likeness (QED) is 0.622. The number of hydrogen-bond acceptors (Lipinski definition) is 4. The maximum absolute atomic E-state index is 10.7. The average molecular weight is 288 g/mol. The lowest BCUT2D eigenvalue weighted by Crippen LogP contribution is -2.28. The Morgan fingerprint density at radius 3 is 2.81 bits per heavy atom. The first-order chi connectivity index (χ1) is 7.50. The van der Waals surface area contributed by atoms with Gasteiger partial charge in [0.1, 0.15) is 0 Å². The zero-order chi connectivity index (χ0) is 12.1. The number of nitro benzene ring substituents is 1. The first-order valence-electron chi connectivity index (χ1n) is 4.42. The predicted octanol–water partition coefficient (Wildman–Crippen LogP) is 0.932. The molecule has 0 aliphatic carbocycles. The second-order valence-electron chi connectivity index (χ2n) is 3.10. The Labute approximate surface area is 100 Å². The van der Waals surface area contributed by atoms with Crippen molar-refractivity contribution >= 4 is 27.5 Å². The molecule has 0 aromatic heterocycles. The molecule has 0 atom stereocenters. The summed E-state index contributed by atoms with van der Waals surface area (Å²) >= 11 is 3.16. The van der Waals surface area contributed by atoms with Crippen molar-refractivity contribution in [1.29, 1.82) is 0 Å². The minimum atomic E-state index is -0.500. The molecule has 7 heteroatoms. The fourth-order valence-electron chi connectivity index (χ4n) is 1.18. The van der Waals surface area contributed by atoms with Crippen LogP contribution in [0, 0.1) is 10.1 Å². The van der Waals surface area contributed by atoms with E-state index in [0.29, 0.717) is 10.0 Å². The normalized spacial score (nSPS) is 10.1. The summed E-state index contributed by atoms with van der Waals surface area (Å²) in [7, 11) is 0. The first-order valence-corrected chi connectivity index (χ1v) is 5.22. The van der Waals surface area contributed by atoms with Gasteiger partial charge in [-0.1, -0.05) is 15.9 Å². The first kappa shape index (κ1) is 12.6. The molecule has 1 rings (SSSR count). The molecular formula is C9H10BrN3O3. The molecule has 0 aliphatic rings. The molecule has 1 amide bonds.